The predicted molar refractivity (Wildman–Crippen MR) is 55.0 cm³/mol. The lowest BCUT2D eigenvalue weighted by Gasteiger charge is -2.28. The topological polar surface area (TPSA) is 62.8 Å². The molecule has 0 bridgehead atoms. The number of sulfone groups is 1. The largest absolute Gasteiger partial charge is 0.267 e. The Bertz CT molecular complexity index is 554. The molecular weight excluding hydrogens is 212 g/mol. The summed E-state index contributed by atoms with van der Waals surface area (Å²) in [4.78, 5) is 0. The molecule has 0 saturated carbocycles. The van der Waals surface area contributed by atoms with Crippen molar-refractivity contribution in [2.75, 3.05) is 0 Å². The van der Waals surface area contributed by atoms with Crippen LogP contribution in [0, 0.1) is 5.92 Å². The van der Waals surface area contributed by atoms with Gasteiger partial charge in [0.1, 0.15) is 0 Å². The number of hydrogen-bond donors (Lipinski definition) is 1. The molecule has 0 fully saturated rings. The Balaban J connectivity index is 2.23. The van der Waals surface area contributed by atoms with Crippen LogP contribution in [0.2, 0.25) is 0 Å². The molecule has 15 heavy (non-hydrogen) atoms. The molecule has 2 atom stereocenters. The second-order valence-electron chi connectivity index (χ2n) is 3.87. The molecule has 2 heterocycles. The molecule has 0 amide bonds. The van der Waals surface area contributed by atoms with Crippen molar-refractivity contribution >= 4 is 9.84 Å². The summed E-state index contributed by atoms with van der Waals surface area (Å²) in [6.45, 7) is 0. The molecule has 1 aromatic heterocycles. The SMILES string of the molecule is O=S1(=O)c2[nH]ncc2C[C@H]2C=CC=C[C@@H]21. The van der Waals surface area contributed by atoms with Crippen LogP contribution in [-0.2, 0) is 16.3 Å². The Kier molecular flexibility index (Phi) is 1.68. The van der Waals surface area contributed by atoms with Gasteiger partial charge >= 0.3 is 0 Å². The molecule has 1 aliphatic heterocycles. The lowest BCUT2D eigenvalue weighted by atomic mass is 9.93. The van der Waals surface area contributed by atoms with Crippen LogP contribution < -0.4 is 0 Å². The van der Waals surface area contributed by atoms with Crippen LogP contribution in [-0.4, -0.2) is 23.9 Å². The first-order valence-electron chi connectivity index (χ1n) is 4.81. The molecule has 3 rings (SSSR count). The summed E-state index contributed by atoms with van der Waals surface area (Å²) in [5.41, 5.74) is 0.802. The van der Waals surface area contributed by atoms with Crippen LogP contribution in [0.1, 0.15) is 5.56 Å². The highest BCUT2D eigenvalue weighted by atomic mass is 32.2. The second kappa shape index (κ2) is 2.82. The van der Waals surface area contributed by atoms with Crippen molar-refractivity contribution in [3.05, 3.63) is 36.1 Å². The van der Waals surface area contributed by atoms with Crippen LogP contribution in [0.5, 0.6) is 0 Å². The average molecular weight is 222 g/mol. The summed E-state index contributed by atoms with van der Waals surface area (Å²) in [5, 5.41) is 6.26. The zero-order chi connectivity index (χ0) is 10.5. The Morgan fingerprint density at radius 3 is 3.00 bits per heavy atom. The van der Waals surface area contributed by atoms with E-state index in [0.717, 1.165) is 12.0 Å². The van der Waals surface area contributed by atoms with E-state index in [9.17, 15) is 8.42 Å². The number of aromatic amines is 1. The molecule has 2 aliphatic rings. The van der Waals surface area contributed by atoms with Crippen molar-refractivity contribution in [2.45, 2.75) is 16.7 Å². The summed E-state index contributed by atoms with van der Waals surface area (Å²) < 4.78 is 24.3. The predicted octanol–water partition coefficient (Wildman–Crippen LogP) is 0.850. The summed E-state index contributed by atoms with van der Waals surface area (Å²) in [7, 11) is -3.26. The van der Waals surface area contributed by atoms with E-state index in [2.05, 4.69) is 10.2 Å². The lowest BCUT2D eigenvalue weighted by molar-refractivity contribution is 0.538. The van der Waals surface area contributed by atoms with Crippen molar-refractivity contribution in [3.8, 4) is 0 Å². The highest BCUT2D eigenvalue weighted by molar-refractivity contribution is 7.92. The Morgan fingerprint density at radius 1 is 1.33 bits per heavy atom. The highest BCUT2D eigenvalue weighted by Crippen LogP contribution is 2.34. The minimum atomic E-state index is -3.26. The molecule has 1 aromatic rings. The minimum Gasteiger partial charge on any atom is -0.267 e. The van der Waals surface area contributed by atoms with Crippen LogP contribution in [0.3, 0.4) is 0 Å². The number of hydrogen-bond acceptors (Lipinski definition) is 3. The molecule has 0 aromatic carbocycles. The van der Waals surface area contributed by atoms with Crippen molar-refractivity contribution in [2.24, 2.45) is 5.92 Å². The molecule has 1 N–H and O–H groups in total. The molecule has 0 unspecified atom stereocenters. The van der Waals surface area contributed by atoms with Gasteiger partial charge in [0.2, 0.25) is 9.84 Å². The number of nitrogens with one attached hydrogen (secondary N) is 1. The van der Waals surface area contributed by atoms with E-state index in [0.29, 0.717) is 5.03 Å². The lowest BCUT2D eigenvalue weighted by Crippen LogP contribution is -2.34. The van der Waals surface area contributed by atoms with Crippen molar-refractivity contribution in [1.29, 1.82) is 0 Å². The molecule has 5 heteroatoms. The van der Waals surface area contributed by atoms with Gasteiger partial charge in [-0.1, -0.05) is 24.3 Å². The molecule has 1 aliphatic carbocycles. The molecular formula is C10H10N2O2S. The van der Waals surface area contributed by atoms with Gasteiger partial charge in [-0.05, 0) is 6.42 Å². The van der Waals surface area contributed by atoms with Crippen LogP contribution in [0.25, 0.3) is 0 Å². The van der Waals surface area contributed by atoms with Gasteiger partial charge in [0.15, 0.2) is 5.03 Å². The Hall–Kier alpha value is -1.36. The van der Waals surface area contributed by atoms with E-state index in [1.807, 2.05) is 12.2 Å². The van der Waals surface area contributed by atoms with Gasteiger partial charge < -0.3 is 0 Å². The van der Waals surface area contributed by atoms with Crippen LogP contribution >= 0.6 is 0 Å². The second-order valence-corrected chi connectivity index (χ2v) is 5.91. The third-order valence-electron chi connectivity index (χ3n) is 2.97. The maximum absolute atomic E-state index is 12.1. The van der Waals surface area contributed by atoms with Gasteiger partial charge in [0, 0.05) is 11.5 Å². The van der Waals surface area contributed by atoms with E-state index in [-0.39, 0.29) is 5.92 Å². The summed E-state index contributed by atoms with van der Waals surface area (Å²) in [6.07, 6.45) is 9.76. The number of nitrogens with zero attached hydrogens (tertiary/aromatic N) is 1. The molecule has 4 nitrogen and oxygen atoms in total. The van der Waals surface area contributed by atoms with Gasteiger partial charge in [-0.3, -0.25) is 5.10 Å². The zero-order valence-corrected chi connectivity index (χ0v) is 8.74. The summed E-state index contributed by atoms with van der Waals surface area (Å²) in [6, 6.07) is 0. The van der Waals surface area contributed by atoms with E-state index in [1.54, 1.807) is 18.3 Å². The molecule has 78 valence electrons. The van der Waals surface area contributed by atoms with E-state index in [1.165, 1.54) is 0 Å². The number of H-pyrrole nitrogens is 1. The van der Waals surface area contributed by atoms with E-state index >= 15 is 0 Å². The smallest absolute Gasteiger partial charge is 0.202 e. The number of allylic oxidation sites excluding steroid dienone is 3. The monoisotopic (exact) mass is 222 g/mol. The third kappa shape index (κ3) is 1.13. The summed E-state index contributed by atoms with van der Waals surface area (Å²) in [5.74, 6) is 0.0603. The first-order valence-corrected chi connectivity index (χ1v) is 6.35. The van der Waals surface area contributed by atoms with E-state index < -0.39 is 15.1 Å². The number of aromatic nitrogens is 2. The fourth-order valence-corrected chi connectivity index (χ4v) is 4.13. The Labute approximate surface area is 87.6 Å². The van der Waals surface area contributed by atoms with Gasteiger partial charge in [-0.2, -0.15) is 5.10 Å². The maximum Gasteiger partial charge on any atom is 0.202 e. The van der Waals surface area contributed by atoms with Crippen molar-refractivity contribution < 1.29 is 8.42 Å². The highest BCUT2D eigenvalue weighted by Gasteiger charge is 2.40. The minimum absolute atomic E-state index is 0.0603. The molecule has 0 saturated heterocycles. The van der Waals surface area contributed by atoms with E-state index in [4.69, 9.17) is 0 Å². The maximum atomic E-state index is 12.1. The van der Waals surface area contributed by atoms with Gasteiger partial charge in [-0.25, -0.2) is 8.42 Å². The zero-order valence-electron chi connectivity index (χ0n) is 7.92. The van der Waals surface area contributed by atoms with Gasteiger partial charge in [0.05, 0.1) is 11.4 Å². The van der Waals surface area contributed by atoms with Crippen molar-refractivity contribution in [1.82, 2.24) is 10.2 Å². The number of fused-ring (bicyclic) bond motifs is 2. The van der Waals surface area contributed by atoms with Crippen molar-refractivity contribution in [3.63, 3.8) is 0 Å². The third-order valence-corrected chi connectivity index (χ3v) is 5.11. The standard InChI is InChI=1S/C10H10N2O2S/c13-15(14)9-4-2-1-3-7(9)5-8-6-11-12-10(8)15/h1-4,6-7,9H,5H2,(H,11,12)/t7-,9+/m1/s1. The first kappa shape index (κ1) is 8.91. The molecule has 0 spiro atoms. The van der Waals surface area contributed by atoms with Crippen LogP contribution in [0.4, 0.5) is 0 Å². The molecule has 0 radical (unpaired) electrons. The quantitative estimate of drug-likeness (QED) is 0.707. The summed E-state index contributed by atoms with van der Waals surface area (Å²) >= 11 is 0. The first-order chi connectivity index (χ1) is 7.19. The van der Waals surface area contributed by atoms with Crippen LogP contribution in [0.15, 0.2) is 35.5 Å². The normalized spacial score (nSPS) is 30.9. The Morgan fingerprint density at radius 2 is 2.13 bits per heavy atom. The average Bonchev–Trinajstić information content (AvgIpc) is 2.67. The van der Waals surface area contributed by atoms with Gasteiger partial charge in [0.25, 0.3) is 0 Å². The fourth-order valence-electron chi connectivity index (χ4n) is 2.23. The number of rotatable bonds is 0. The van der Waals surface area contributed by atoms with Gasteiger partial charge in [-0.15, -0.1) is 0 Å². The fraction of sp³-hybridized carbons (Fsp3) is 0.300.